The summed E-state index contributed by atoms with van der Waals surface area (Å²) in [6.07, 6.45) is 0. The maximum Gasteiger partial charge on any atom is 0.294 e. The van der Waals surface area contributed by atoms with Crippen LogP contribution in [0.3, 0.4) is 0 Å². The Balaban J connectivity index is 1.85. The van der Waals surface area contributed by atoms with Crippen LogP contribution in [0.15, 0.2) is 58.5 Å². The summed E-state index contributed by atoms with van der Waals surface area (Å²) in [6.45, 7) is 0. The number of thiazole rings is 1. The van der Waals surface area contributed by atoms with Gasteiger partial charge in [-0.15, -0.1) is 11.3 Å². The van der Waals surface area contributed by atoms with Crippen molar-refractivity contribution >= 4 is 43.1 Å². The van der Waals surface area contributed by atoms with Gasteiger partial charge in [-0.25, -0.2) is 4.98 Å². The lowest BCUT2D eigenvalue weighted by Gasteiger charge is -2.02. The minimum absolute atomic E-state index is 0.120. The third-order valence-electron chi connectivity index (χ3n) is 3.05. The maximum absolute atomic E-state index is 11.0. The zero-order valence-corrected chi connectivity index (χ0v) is 13.7. The second-order valence-electron chi connectivity index (χ2n) is 4.67. The van der Waals surface area contributed by atoms with Gasteiger partial charge >= 0.3 is 0 Å². The Morgan fingerprint density at radius 1 is 1.21 bits per heavy atom. The summed E-state index contributed by atoms with van der Waals surface area (Å²) in [5.41, 5.74) is 4.05. The molecule has 0 aliphatic rings. The Bertz CT molecular complexity index is 1030. The molecule has 24 heavy (non-hydrogen) atoms. The highest BCUT2D eigenvalue weighted by molar-refractivity contribution is 7.85. The summed E-state index contributed by atoms with van der Waals surface area (Å²) in [7, 11) is -4.24. The van der Waals surface area contributed by atoms with Gasteiger partial charge in [0, 0.05) is 0 Å². The van der Waals surface area contributed by atoms with E-state index in [0.717, 1.165) is 10.2 Å². The molecule has 2 aromatic carbocycles. The summed E-state index contributed by atoms with van der Waals surface area (Å²) in [4.78, 5) is 4.14. The molecule has 3 aromatic rings. The molecule has 0 saturated heterocycles. The molecule has 9 heteroatoms. The van der Waals surface area contributed by atoms with Crippen LogP contribution < -0.4 is 5.43 Å². The van der Waals surface area contributed by atoms with E-state index in [1.54, 1.807) is 0 Å². The fourth-order valence-corrected chi connectivity index (χ4v) is 3.30. The van der Waals surface area contributed by atoms with Gasteiger partial charge in [0.15, 0.2) is 10.7 Å². The van der Waals surface area contributed by atoms with Crippen molar-refractivity contribution in [2.24, 2.45) is 5.10 Å². The first-order chi connectivity index (χ1) is 11.5. The van der Waals surface area contributed by atoms with Crippen molar-refractivity contribution in [1.29, 1.82) is 5.26 Å². The zero-order chi connectivity index (χ0) is 17.2. The van der Waals surface area contributed by atoms with E-state index >= 15 is 0 Å². The first-order valence-electron chi connectivity index (χ1n) is 6.65. The number of nitrogens with zero attached hydrogens (tertiary/aromatic N) is 3. The molecule has 0 aliphatic heterocycles. The fraction of sp³-hybridized carbons (Fsp3) is 0. The van der Waals surface area contributed by atoms with Gasteiger partial charge in [0.05, 0.1) is 20.8 Å². The average molecular weight is 358 g/mol. The van der Waals surface area contributed by atoms with Crippen molar-refractivity contribution in [2.45, 2.75) is 4.90 Å². The quantitative estimate of drug-likeness (QED) is 0.421. The number of nitrogens with one attached hydrogen (secondary N) is 1. The van der Waals surface area contributed by atoms with Crippen LogP contribution in [0.4, 0.5) is 5.69 Å². The van der Waals surface area contributed by atoms with E-state index in [1.807, 2.05) is 30.3 Å². The van der Waals surface area contributed by atoms with Crippen molar-refractivity contribution < 1.29 is 13.0 Å². The monoisotopic (exact) mass is 358 g/mol. The third kappa shape index (κ3) is 3.41. The molecule has 3 rings (SSSR count). The molecule has 0 amide bonds. The lowest BCUT2D eigenvalue weighted by Crippen LogP contribution is -2.02. The Hall–Kier alpha value is -2.80. The van der Waals surface area contributed by atoms with Crippen molar-refractivity contribution in [2.75, 3.05) is 5.43 Å². The van der Waals surface area contributed by atoms with E-state index in [1.165, 1.54) is 35.6 Å². The van der Waals surface area contributed by atoms with Crippen molar-refractivity contribution in [3.05, 3.63) is 53.5 Å². The van der Waals surface area contributed by atoms with Crippen LogP contribution in [0.25, 0.3) is 10.2 Å². The Labute approximate surface area is 141 Å². The summed E-state index contributed by atoms with van der Waals surface area (Å²) < 4.78 is 31.8. The van der Waals surface area contributed by atoms with Gasteiger partial charge in [0.25, 0.3) is 10.1 Å². The SMILES string of the molecule is N#C/C(=N/Nc1ccc(S(=O)(=O)O)cc1)c1nc2ccccc2s1. The molecule has 120 valence electrons. The molecular formula is C15H10N4O3S2. The van der Waals surface area contributed by atoms with E-state index in [9.17, 15) is 13.7 Å². The summed E-state index contributed by atoms with van der Waals surface area (Å²) in [6, 6.07) is 14.8. The molecule has 0 radical (unpaired) electrons. The van der Waals surface area contributed by atoms with Crippen molar-refractivity contribution in [3.63, 3.8) is 0 Å². The van der Waals surface area contributed by atoms with Gasteiger partial charge < -0.3 is 0 Å². The minimum atomic E-state index is -4.24. The summed E-state index contributed by atoms with van der Waals surface area (Å²) in [5.74, 6) is 0. The van der Waals surface area contributed by atoms with Gasteiger partial charge in [-0.1, -0.05) is 12.1 Å². The number of fused-ring (bicyclic) bond motifs is 1. The molecule has 0 fully saturated rings. The maximum atomic E-state index is 11.0. The molecule has 0 saturated carbocycles. The molecule has 2 N–H and O–H groups in total. The molecule has 0 spiro atoms. The van der Waals surface area contributed by atoms with Crippen LogP contribution >= 0.6 is 11.3 Å². The smallest absolute Gasteiger partial charge is 0.282 e. The Morgan fingerprint density at radius 2 is 1.92 bits per heavy atom. The molecule has 0 atom stereocenters. The Morgan fingerprint density at radius 3 is 2.54 bits per heavy atom. The number of hydrazone groups is 1. The topological polar surface area (TPSA) is 115 Å². The van der Waals surface area contributed by atoms with Crippen molar-refractivity contribution in [3.8, 4) is 6.07 Å². The van der Waals surface area contributed by atoms with Crippen LogP contribution in [0.1, 0.15) is 5.01 Å². The van der Waals surface area contributed by atoms with E-state index in [4.69, 9.17) is 4.55 Å². The lowest BCUT2D eigenvalue weighted by atomic mass is 10.3. The lowest BCUT2D eigenvalue weighted by molar-refractivity contribution is 0.483. The standard InChI is InChI=1S/C15H10N4O3S2/c16-9-13(15-17-12-3-1-2-4-14(12)23-15)19-18-10-5-7-11(8-6-10)24(20,21)22/h1-8,18H,(H,20,21,22)/b19-13-. The molecule has 0 unspecified atom stereocenters. The third-order valence-corrected chi connectivity index (χ3v) is 4.96. The highest BCUT2D eigenvalue weighted by atomic mass is 32.2. The van der Waals surface area contributed by atoms with Crippen LogP contribution in [0, 0.1) is 11.3 Å². The normalized spacial score (nSPS) is 12.1. The largest absolute Gasteiger partial charge is 0.294 e. The van der Waals surface area contributed by atoms with E-state index in [0.29, 0.717) is 10.7 Å². The number of anilines is 1. The summed E-state index contributed by atoms with van der Waals surface area (Å²) >= 11 is 1.35. The first kappa shape index (κ1) is 16.1. The number of hydrogen-bond donors (Lipinski definition) is 2. The van der Waals surface area contributed by atoms with E-state index in [2.05, 4.69) is 15.5 Å². The van der Waals surface area contributed by atoms with Crippen LogP contribution in [-0.2, 0) is 10.1 Å². The fourth-order valence-electron chi connectivity index (χ4n) is 1.92. The van der Waals surface area contributed by atoms with Gasteiger partial charge in [0.1, 0.15) is 6.07 Å². The zero-order valence-electron chi connectivity index (χ0n) is 12.0. The molecule has 7 nitrogen and oxygen atoms in total. The molecule has 0 bridgehead atoms. The Kier molecular flexibility index (Phi) is 4.26. The highest BCUT2D eigenvalue weighted by Gasteiger charge is 2.11. The van der Waals surface area contributed by atoms with E-state index in [-0.39, 0.29) is 10.6 Å². The average Bonchev–Trinajstić information content (AvgIpc) is 2.99. The summed E-state index contributed by atoms with van der Waals surface area (Å²) in [5, 5.41) is 13.8. The van der Waals surface area contributed by atoms with E-state index < -0.39 is 10.1 Å². The first-order valence-corrected chi connectivity index (χ1v) is 8.90. The molecule has 0 aliphatic carbocycles. The van der Waals surface area contributed by atoms with Gasteiger partial charge in [-0.3, -0.25) is 9.98 Å². The van der Waals surface area contributed by atoms with Gasteiger partial charge in [-0.2, -0.15) is 18.8 Å². The van der Waals surface area contributed by atoms with Gasteiger partial charge in [0.2, 0.25) is 0 Å². The number of benzene rings is 2. The highest BCUT2D eigenvalue weighted by Crippen LogP contribution is 2.22. The number of aromatic nitrogens is 1. The predicted octanol–water partition coefficient (Wildman–Crippen LogP) is 2.88. The van der Waals surface area contributed by atoms with Gasteiger partial charge in [-0.05, 0) is 36.4 Å². The second-order valence-corrected chi connectivity index (χ2v) is 7.12. The predicted molar refractivity (Wildman–Crippen MR) is 91.6 cm³/mol. The molecule has 1 heterocycles. The molecular weight excluding hydrogens is 348 g/mol. The number of hydrogen-bond acceptors (Lipinski definition) is 7. The number of para-hydroxylation sites is 1. The number of rotatable bonds is 4. The van der Waals surface area contributed by atoms with Crippen LogP contribution in [-0.4, -0.2) is 23.7 Å². The van der Waals surface area contributed by atoms with Crippen LogP contribution in [0.5, 0.6) is 0 Å². The number of nitriles is 1. The van der Waals surface area contributed by atoms with Crippen molar-refractivity contribution in [1.82, 2.24) is 4.98 Å². The second kappa shape index (κ2) is 6.37. The van der Waals surface area contributed by atoms with Crippen LogP contribution in [0.2, 0.25) is 0 Å². The minimum Gasteiger partial charge on any atom is -0.282 e. The molecule has 1 aromatic heterocycles.